The van der Waals surface area contributed by atoms with Gasteiger partial charge in [-0.25, -0.2) is 4.68 Å². The Bertz CT molecular complexity index is 770. The van der Waals surface area contributed by atoms with E-state index in [1.807, 2.05) is 38.3 Å². The molecule has 0 saturated carbocycles. The maximum Gasteiger partial charge on any atom is 0.317 e. The molecule has 2 heterocycles. The predicted octanol–water partition coefficient (Wildman–Crippen LogP) is 3.49. The van der Waals surface area contributed by atoms with E-state index in [0.29, 0.717) is 12.6 Å². The van der Waals surface area contributed by atoms with Crippen LogP contribution in [-0.2, 0) is 9.53 Å². The Hall–Kier alpha value is -2.28. The van der Waals surface area contributed by atoms with Gasteiger partial charge in [-0.1, -0.05) is 25.1 Å². The van der Waals surface area contributed by atoms with E-state index < -0.39 is 5.92 Å². The molecule has 1 aliphatic heterocycles. The lowest BCUT2D eigenvalue weighted by Gasteiger charge is -2.33. The fourth-order valence-electron chi connectivity index (χ4n) is 3.08. The number of carbonyl (C=O) groups is 1. The Morgan fingerprint density at radius 2 is 2.12 bits per heavy atom. The van der Waals surface area contributed by atoms with Crippen molar-refractivity contribution in [1.29, 1.82) is 0 Å². The normalized spacial score (nSPS) is 20.8. The number of rotatable bonds is 5. The van der Waals surface area contributed by atoms with Gasteiger partial charge in [0, 0.05) is 10.6 Å². The van der Waals surface area contributed by atoms with E-state index in [4.69, 9.17) is 4.74 Å². The number of hydrogen-bond donors (Lipinski definition) is 1. The number of esters is 1. The van der Waals surface area contributed by atoms with Crippen LogP contribution in [-0.4, -0.2) is 33.6 Å². The van der Waals surface area contributed by atoms with Crippen LogP contribution >= 0.6 is 11.8 Å². The van der Waals surface area contributed by atoms with Crippen LogP contribution in [0.2, 0.25) is 0 Å². The van der Waals surface area contributed by atoms with Crippen molar-refractivity contribution in [3.63, 3.8) is 0 Å². The van der Waals surface area contributed by atoms with Crippen LogP contribution in [0.3, 0.4) is 0 Å². The monoisotopic (exact) mass is 358 g/mol. The summed E-state index contributed by atoms with van der Waals surface area (Å²) in [5.74, 6) is -0.0942. The molecule has 7 heteroatoms. The van der Waals surface area contributed by atoms with Crippen LogP contribution in [0.1, 0.15) is 31.9 Å². The van der Waals surface area contributed by atoms with Gasteiger partial charge in [0.25, 0.3) is 0 Å². The van der Waals surface area contributed by atoms with Gasteiger partial charge in [0.1, 0.15) is 12.2 Å². The van der Waals surface area contributed by atoms with Crippen molar-refractivity contribution in [2.24, 2.45) is 5.92 Å². The Balaban J connectivity index is 2.11. The average Bonchev–Trinajstić information content (AvgIpc) is 3.09. The number of benzene rings is 1. The number of allylic oxidation sites excluding steroid dienone is 1. The zero-order chi connectivity index (χ0) is 17.8. The van der Waals surface area contributed by atoms with Crippen LogP contribution < -0.4 is 5.32 Å². The van der Waals surface area contributed by atoms with Crippen molar-refractivity contribution in [2.45, 2.75) is 31.2 Å². The molecular weight excluding hydrogens is 336 g/mol. The number of nitrogens with one attached hydrogen (secondary N) is 1. The largest absolute Gasteiger partial charge is 0.465 e. The fourth-order valence-corrected chi connectivity index (χ4v) is 3.49. The fraction of sp³-hybridized carbons (Fsp3) is 0.389. The molecule has 0 saturated heterocycles. The summed E-state index contributed by atoms with van der Waals surface area (Å²) in [6.07, 6.45) is 6.37. The van der Waals surface area contributed by atoms with Crippen molar-refractivity contribution in [1.82, 2.24) is 14.8 Å². The molecule has 2 atom stereocenters. The summed E-state index contributed by atoms with van der Waals surface area (Å²) >= 11 is 1.69. The molecule has 0 fully saturated rings. The molecule has 1 aromatic heterocycles. The topological polar surface area (TPSA) is 69.0 Å². The Morgan fingerprint density at radius 1 is 1.36 bits per heavy atom. The van der Waals surface area contributed by atoms with E-state index in [-0.39, 0.29) is 12.0 Å². The first-order valence-electron chi connectivity index (χ1n) is 8.36. The third kappa shape index (κ3) is 3.42. The lowest BCUT2D eigenvalue weighted by Crippen LogP contribution is -2.38. The highest BCUT2D eigenvalue weighted by Crippen LogP contribution is 2.39. The summed E-state index contributed by atoms with van der Waals surface area (Å²) in [6.45, 7) is 4.20. The van der Waals surface area contributed by atoms with Crippen molar-refractivity contribution in [3.05, 3.63) is 47.9 Å². The van der Waals surface area contributed by atoms with Gasteiger partial charge in [0.15, 0.2) is 0 Å². The van der Waals surface area contributed by atoms with Crippen molar-refractivity contribution in [2.75, 3.05) is 18.2 Å². The lowest BCUT2D eigenvalue weighted by molar-refractivity contribution is -0.147. The Morgan fingerprint density at radius 3 is 2.76 bits per heavy atom. The summed E-state index contributed by atoms with van der Waals surface area (Å²) in [7, 11) is 0. The van der Waals surface area contributed by atoms with Gasteiger partial charge in [0.2, 0.25) is 5.95 Å². The minimum Gasteiger partial charge on any atom is -0.465 e. The van der Waals surface area contributed by atoms with Gasteiger partial charge in [-0.05, 0) is 37.3 Å². The summed E-state index contributed by atoms with van der Waals surface area (Å²) in [5, 5.41) is 7.58. The first-order valence-corrected chi connectivity index (χ1v) is 9.59. The van der Waals surface area contributed by atoms with Gasteiger partial charge in [-0.3, -0.25) is 4.79 Å². The summed E-state index contributed by atoms with van der Waals surface area (Å²) in [6, 6.07) is 7.92. The maximum absolute atomic E-state index is 12.8. The molecule has 2 aromatic rings. The molecular formula is C18H22N4O2S. The zero-order valence-electron chi connectivity index (χ0n) is 14.6. The summed E-state index contributed by atoms with van der Waals surface area (Å²) in [5.41, 5.74) is 1.83. The number of ether oxygens (including phenoxy) is 1. The minimum atomic E-state index is -0.478. The van der Waals surface area contributed by atoms with E-state index in [2.05, 4.69) is 27.5 Å². The SMILES string of the molecule is CC/C=C1/Nc2ncnn2[C@H](c2ccc(SC)cc2)[C@H]1C(=O)OCC. The molecule has 0 spiro atoms. The number of aromatic nitrogens is 3. The number of thioether (sulfide) groups is 1. The van der Waals surface area contributed by atoms with Gasteiger partial charge in [-0.2, -0.15) is 10.1 Å². The van der Waals surface area contributed by atoms with Crippen molar-refractivity contribution >= 4 is 23.7 Å². The van der Waals surface area contributed by atoms with Crippen LogP contribution in [0.4, 0.5) is 5.95 Å². The molecule has 0 bridgehead atoms. The number of hydrogen-bond acceptors (Lipinski definition) is 6. The highest BCUT2D eigenvalue weighted by Gasteiger charge is 2.41. The molecule has 3 rings (SSSR count). The minimum absolute atomic E-state index is 0.255. The molecule has 0 unspecified atom stereocenters. The Kier molecular flexibility index (Phi) is 5.43. The molecule has 0 aliphatic carbocycles. The molecule has 1 aliphatic rings. The smallest absolute Gasteiger partial charge is 0.317 e. The quantitative estimate of drug-likeness (QED) is 0.652. The van der Waals surface area contributed by atoms with E-state index >= 15 is 0 Å². The number of nitrogens with zero attached hydrogens (tertiary/aromatic N) is 3. The molecule has 0 amide bonds. The van der Waals surface area contributed by atoms with E-state index in [1.54, 1.807) is 16.4 Å². The summed E-state index contributed by atoms with van der Waals surface area (Å²) < 4.78 is 7.13. The molecule has 0 radical (unpaired) electrons. The first-order chi connectivity index (χ1) is 12.2. The van der Waals surface area contributed by atoms with E-state index in [1.165, 1.54) is 11.2 Å². The maximum atomic E-state index is 12.8. The number of anilines is 1. The molecule has 1 N–H and O–H groups in total. The highest BCUT2D eigenvalue weighted by atomic mass is 32.2. The third-order valence-corrected chi connectivity index (χ3v) is 4.91. The zero-order valence-corrected chi connectivity index (χ0v) is 15.4. The highest BCUT2D eigenvalue weighted by molar-refractivity contribution is 7.98. The molecule has 25 heavy (non-hydrogen) atoms. The van der Waals surface area contributed by atoms with Gasteiger partial charge in [-0.15, -0.1) is 11.8 Å². The van der Waals surface area contributed by atoms with Gasteiger partial charge < -0.3 is 10.1 Å². The van der Waals surface area contributed by atoms with Crippen LogP contribution in [0.5, 0.6) is 0 Å². The van der Waals surface area contributed by atoms with Crippen LogP contribution in [0.25, 0.3) is 0 Å². The molecule has 6 nitrogen and oxygen atoms in total. The van der Waals surface area contributed by atoms with Crippen LogP contribution in [0, 0.1) is 5.92 Å². The van der Waals surface area contributed by atoms with Gasteiger partial charge in [0.05, 0.1) is 12.6 Å². The first kappa shape index (κ1) is 17.5. The average molecular weight is 358 g/mol. The second kappa shape index (κ2) is 7.74. The van der Waals surface area contributed by atoms with E-state index in [0.717, 1.165) is 17.7 Å². The lowest BCUT2D eigenvalue weighted by atomic mass is 9.88. The Labute approximate surface area is 151 Å². The summed E-state index contributed by atoms with van der Waals surface area (Å²) in [4.78, 5) is 18.2. The molecule has 132 valence electrons. The second-order valence-corrected chi connectivity index (χ2v) is 6.55. The second-order valence-electron chi connectivity index (χ2n) is 5.67. The van der Waals surface area contributed by atoms with Crippen molar-refractivity contribution in [3.8, 4) is 0 Å². The number of carbonyl (C=O) groups excluding carboxylic acids is 1. The molecule has 1 aromatic carbocycles. The number of fused-ring (bicyclic) bond motifs is 1. The van der Waals surface area contributed by atoms with E-state index in [9.17, 15) is 4.79 Å². The van der Waals surface area contributed by atoms with Crippen molar-refractivity contribution < 1.29 is 9.53 Å². The standard InChI is InChI=1S/C18H22N4O2S/c1-4-6-14-15(17(23)24-5-2)16(22-18(21-14)19-11-20-22)12-7-9-13(25-3)10-8-12/h6-11,15-16H,4-5H2,1-3H3,(H,19,20,21)/b14-6+/t15-,16+/m0/s1. The van der Waals surface area contributed by atoms with Crippen LogP contribution in [0.15, 0.2) is 47.3 Å². The third-order valence-electron chi connectivity index (χ3n) is 4.17. The predicted molar refractivity (Wildman–Crippen MR) is 98.5 cm³/mol. The van der Waals surface area contributed by atoms with Gasteiger partial charge >= 0.3 is 5.97 Å².